The maximum Gasteiger partial charge on any atom is 0.321 e. The number of nitrogens with zero attached hydrogens (tertiary/aromatic N) is 1. The second-order valence-electron chi connectivity index (χ2n) is 5.68. The molecule has 0 spiro atoms. The van der Waals surface area contributed by atoms with Crippen molar-refractivity contribution in [3.8, 4) is 0 Å². The van der Waals surface area contributed by atoms with Crippen LogP contribution in [0.15, 0.2) is 24.3 Å². The van der Waals surface area contributed by atoms with E-state index in [4.69, 9.17) is 0 Å². The summed E-state index contributed by atoms with van der Waals surface area (Å²) >= 11 is 1.62. The third-order valence-electron chi connectivity index (χ3n) is 4.02. The van der Waals surface area contributed by atoms with E-state index in [-0.39, 0.29) is 6.03 Å². The van der Waals surface area contributed by atoms with Crippen molar-refractivity contribution in [2.45, 2.75) is 45.6 Å². The molecule has 2 aromatic rings. The number of thiazole rings is 1. The maximum atomic E-state index is 12.0. The van der Waals surface area contributed by atoms with E-state index in [0.29, 0.717) is 11.7 Å². The van der Waals surface area contributed by atoms with Gasteiger partial charge in [0.15, 0.2) is 5.13 Å². The van der Waals surface area contributed by atoms with Gasteiger partial charge >= 0.3 is 6.03 Å². The van der Waals surface area contributed by atoms with Crippen LogP contribution in [0.1, 0.15) is 41.0 Å². The van der Waals surface area contributed by atoms with Crippen LogP contribution in [-0.4, -0.2) is 11.0 Å². The van der Waals surface area contributed by atoms with E-state index < -0.39 is 0 Å². The monoisotopic (exact) mass is 315 g/mol. The fourth-order valence-electron chi connectivity index (χ4n) is 2.71. The van der Waals surface area contributed by atoms with E-state index in [2.05, 4.69) is 15.6 Å². The smallest absolute Gasteiger partial charge is 0.321 e. The van der Waals surface area contributed by atoms with E-state index in [1.54, 1.807) is 11.3 Å². The van der Waals surface area contributed by atoms with Gasteiger partial charge in [0.05, 0.1) is 5.69 Å². The van der Waals surface area contributed by atoms with Gasteiger partial charge in [0, 0.05) is 11.4 Å². The van der Waals surface area contributed by atoms with Crippen LogP contribution >= 0.6 is 11.3 Å². The van der Waals surface area contributed by atoms with E-state index in [9.17, 15) is 4.79 Å². The highest BCUT2D eigenvalue weighted by Crippen LogP contribution is 2.28. The van der Waals surface area contributed by atoms with Crippen molar-refractivity contribution in [3.05, 3.63) is 46.0 Å². The topological polar surface area (TPSA) is 54.0 Å². The third-order valence-corrected chi connectivity index (χ3v) is 5.09. The largest absolute Gasteiger partial charge is 0.334 e. The predicted octanol–water partition coefficient (Wildman–Crippen LogP) is 4.04. The zero-order valence-electron chi connectivity index (χ0n) is 12.8. The highest BCUT2D eigenvalue weighted by Gasteiger charge is 2.15. The molecule has 0 unspecified atom stereocenters. The highest BCUT2D eigenvalue weighted by atomic mass is 32.1. The molecular weight excluding hydrogens is 294 g/mol. The Balaban J connectivity index is 1.57. The minimum atomic E-state index is -0.188. The summed E-state index contributed by atoms with van der Waals surface area (Å²) in [5, 5.41) is 6.48. The van der Waals surface area contributed by atoms with Crippen molar-refractivity contribution in [1.29, 1.82) is 0 Å². The van der Waals surface area contributed by atoms with Crippen molar-refractivity contribution < 1.29 is 4.79 Å². The number of aryl methyl sites for hydroxylation is 3. The second-order valence-corrected chi connectivity index (χ2v) is 6.77. The van der Waals surface area contributed by atoms with Crippen molar-refractivity contribution in [3.63, 3.8) is 0 Å². The number of carbonyl (C=O) groups is 1. The number of hydrogen-bond donors (Lipinski definition) is 2. The molecular formula is C17H21N3OS. The first-order valence-electron chi connectivity index (χ1n) is 7.80. The Morgan fingerprint density at radius 3 is 2.91 bits per heavy atom. The van der Waals surface area contributed by atoms with E-state index >= 15 is 0 Å². The molecule has 0 fully saturated rings. The van der Waals surface area contributed by atoms with Gasteiger partial charge in [0.2, 0.25) is 0 Å². The van der Waals surface area contributed by atoms with Gasteiger partial charge in [0.1, 0.15) is 0 Å². The minimum absolute atomic E-state index is 0.188. The average Bonchev–Trinajstić information content (AvgIpc) is 2.75. The summed E-state index contributed by atoms with van der Waals surface area (Å²) in [5.41, 5.74) is 3.49. The molecule has 1 aliphatic rings. The zero-order chi connectivity index (χ0) is 15.4. The van der Waals surface area contributed by atoms with Crippen LogP contribution in [0.5, 0.6) is 0 Å². The molecule has 5 heteroatoms. The van der Waals surface area contributed by atoms with Gasteiger partial charge in [-0.15, -0.1) is 11.3 Å². The van der Waals surface area contributed by atoms with Crippen LogP contribution in [0.3, 0.4) is 0 Å². The molecule has 2 amide bonds. The summed E-state index contributed by atoms with van der Waals surface area (Å²) < 4.78 is 0. The molecule has 1 aromatic heterocycles. The van der Waals surface area contributed by atoms with Crippen molar-refractivity contribution >= 4 is 22.5 Å². The first kappa shape index (κ1) is 15.0. The number of urea groups is 1. The molecule has 1 aromatic carbocycles. The number of benzene rings is 1. The number of carbonyl (C=O) groups excluding carboxylic acids is 1. The fraction of sp³-hybridized carbons (Fsp3) is 0.412. The first-order valence-corrected chi connectivity index (χ1v) is 8.62. The number of anilines is 1. The van der Waals surface area contributed by atoms with E-state index in [0.717, 1.165) is 18.4 Å². The van der Waals surface area contributed by atoms with Crippen molar-refractivity contribution in [2.75, 3.05) is 5.32 Å². The maximum absolute atomic E-state index is 12.0. The summed E-state index contributed by atoms with van der Waals surface area (Å²) in [4.78, 5) is 17.9. The summed E-state index contributed by atoms with van der Waals surface area (Å²) in [5.74, 6) is 0. The van der Waals surface area contributed by atoms with Crippen LogP contribution in [0.25, 0.3) is 0 Å². The van der Waals surface area contributed by atoms with Gasteiger partial charge in [-0.1, -0.05) is 30.7 Å². The van der Waals surface area contributed by atoms with Gasteiger partial charge in [-0.05, 0) is 43.7 Å². The normalized spacial score (nSPS) is 14.0. The number of fused-ring (bicyclic) bond motifs is 1. The molecule has 1 heterocycles. The summed E-state index contributed by atoms with van der Waals surface area (Å²) in [6, 6.07) is 7.88. The first-order chi connectivity index (χ1) is 10.7. The lowest BCUT2D eigenvalue weighted by Gasteiger charge is -2.07. The Morgan fingerprint density at radius 2 is 2.05 bits per heavy atom. The Kier molecular flexibility index (Phi) is 4.73. The lowest BCUT2D eigenvalue weighted by Crippen LogP contribution is -2.28. The fourth-order valence-corrected chi connectivity index (χ4v) is 3.75. The van der Waals surface area contributed by atoms with Gasteiger partial charge in [-0.25, -0.2) is 9.78 Å². The van der Waals surface area contributed by atoms with E-state index in [1.165, 1.54) is 35.4 Å². The van der Waals surface area contributed by atoms with Gasteiger partial charge in [0.25, 0.3) is 0 Å². The molecule has 2 N–H and O–H groups in total. The molecule has 0 radical (unpaired) electrons. The molecule has 1 aliphatic carbocycles. The molecule has 116 valence electrons. The zero-order valence-corrected chi connectivity index (χ0v) is 13.6. The molecule has 0 atom stereocenters. The number of amides is 2. The predicted molar refractivity (Wildman–Crippen MR) is 90.4 cm³/mol. The number of hydrogen-bond acceptors (Lipinski definition) is 3. The SMILES string of the molecule is Cc1ccccc1CNC(=O)Nc1nc2c(s1)CCCCC2. The Labute approximate surface area is 135 Å². The Bertz CT molecular complexity index is 642. The molecule has 0 bridgehead atoms. The molecule has 0 aliphatic heterocycles. The quantitative estimate of drug-likeness (QED) is 0.840. The molecule has 22 heavy (non-hydrogen) atoms. The molecule has 4 nitrogen and oxygen atoms in total. The second kappa shape index (κ2) is 6.92. The van der Waals surface area contributed by atoms with Crippen LogP contribution < -0.4 is 10.6 Å². The third kappa shape index (κ3) is 3.65. The summed E-state index contributed by atoms with van der Waals surface area (Å²) in [6.45, 7) is 2.58. The van der Waals surface area contributed by atoms with Crippen molar-refractivity contribution in [2.24, 2.45) is 0 Å². The molecule has 3 rings (SSSR count). The lowest BCUT2D eigenvalue weighted by molar-refractivity contribution is 0.251. The molecule has 0 saturated heterocycles. The van der Waals surface area contributed by atoms with Crippen molar-refractivity contribution in [1.82, 2.24) is 10.3 Å². The lowest BCUT2D eigenvalue weighted by atomic mass is 10.1. The van der Waals surface area contributed by atoms with Crippen LogP contribution in [-0.2, 0) is 19.4 Å². The average molecular weight is 315 g/mol. The van der Waals surface area contributed by atoms with Gasteiger partial charge in [-0.2, -0.15) is 0 Å². The standard InChI is InChI=1S/C17H21N3OS/c1-12-7-5-6-8-13(12)11-18-16(21)20-17-19-14-9-3-2-4-10-15(14)22-17/h5-8H,2-4,9-11H2,1H3,(H2,18,19,20,21). The summed E-state index contributed by atoms with van der Waals surface area (Å²) in [6.07, 6.45) is 5.85. The van der Waals surface area contributed by atoms with Crippen LogP contribution in [0.2, 0.25) is 0 Å². The van der Waals surface area contributed by atoms with E-state index in [1.807, 2.05) is 31.2 Å². The highest BCUT2D eigenvalue weighted by molar-refractivity contribution is 7.15. The van der Waals surface area contributed by atoms with Gasteiger partial charge in [-0.3, -0.25) is 5.32 Å². The van der Waals surface area contributed by atoms with Crippen LogP contribution in [0, 0.1) is 6.92 Å². The molecule has 0 saturated carbocycles. The number of nitrogens with one attached hydrogen (secondary N) is 2. The number of aromatic nitrogens is 1. The summed E-state index contributed by atoms with van der Waals surface area (Å²) in [7, 11) is 0. The Morgan fingerprint density at radius 1 is 1.23 bits per heavy atom. The Hall–Kier alpha value is -1.88. The van der Waals surface area contributed by atoms with Gasteiger partial charge < -0.3 is 5.32 Å². The number of rotatable bonds is 3. The minimum Gasteiger partial charge on any atom is -0.334 e. The van der Waals surface area contributed by atoms with Crippen LogP contribution in [0.4, 0.5) is 9.93 Å².